The molecule has 0 aliphatic heterocycles. The van der Waals surface area contributed by atoms with Crippen LogP contribution in [0.5, 0.6) is 5.75 Å². The molecular formula is C22H17Cl2FN4O3. The lowest BCUT2D eigenvalue weighted by Crippen LogP contribution is -2.13. The lowest BCUT2D eigenvalue weighted by molar-refractivity contribution is 0.0991. The zero-order valence-corrected chi connectivity index (χ0v) is 18.3. The lowest BCUT2D eigenvalue weighted by Gasteiger charge is -2.06. The molecule has 0 unspecified atom stereocenters. The van der Waals surface area contributed by atoms with Crippen molar-refractivity contribution in [3.63, 3.8) is 0 Å². The minimum absolute atomic E-state index is 0.0494. The Bertz CT molecular complexity index is 1250. The number of ether oxygens (including phenoxy) is 1. The van der Waals surface area contributed by atoms with Gasteiger partial charge in [0, 0.05) is 15.6 Å². The van der Waals surface area contributed by atoms with Crippen molar-refractivity contribution in [1.82, 2.24) is 14.8 Å². The molecule has 0 saturated carbocycles. The molecule has 0 fully saturated rings. The van der Waals surface area contributed by atoms with Crippen LogP contribution in [0.4, 0.5) is 10.3 Å². The number of nitrogens with one attached hydrogen (secondary N) is 1. The summed E-state index contributed by atoms with van der Waals surface area (Å²) in [5, 5.41) is 7.60. The molecule has 0 spiro atoms. The summed E-state index contributed by atoms with van der Waals surface area (Å²) in [7, 11) is 0. The van der Waals surface area contributed by atoms with E-state index in [9.17, 15) is 9.18 Å². The average molecular weight is 475 g/mol. The summed E-state index contributed by atoms with van der Waals surface area (Å²) in [6, 6.07) is 12.9. The van der Waals surface area contributed by atoms with Gasteiger partial charge in [-0.05, 0) is 55.0 Å². The molecule has 1 N–H and O–H groups in total. The first-order valence-electron chi connectivity index (χ1n) is 9.50. The summed E-state index contributed by atoms with van der Waals surface area (Å²) < 4.78 is 26.5. The standard InChI is InChI=1S/C22H17Cl2FN4O3/c1-13-9-14(5-7-17(13)23)31-11-15-6-8-20(32-15)21(30)27-22-26-12-29(28-22)10-16-18(24)3-2-4-19(16)25/h2-9,12H,10-11H2,1H3,(H,27,28,30). The number of aromatic nitrogens is 3. The lowest BCUT2D eigenvalue weighted by atomic mass is 10.2. The minimum Gasteiger partial charge on any atom is -0.486 e. The fraction of sp³-hybridized carbons (Fsp3) is 0.136. The van der Waals surface area contributed by atoms with Crippen LogP contribution in [0.15, 0.2) is 59.3 Å². The molecule has 0 aliphatic rings. The van der Waals surface area contributed by atoms with Gasteiger partial charge in [0.05, 0.1) is 6.54 Å². The number of aryl methyl sites for hydroxylation is 1. The van der Waals surface area contributed by atoms with Gasteiger partial charge >= 0.3 is 0 Å². The Morgan fingerprint density at radius 2 is 2.03 bits per heavy atom. The fourth-order valence-electron chi connectivity index (χ4n) is 2.88. The summed E-state index contributed by atoms with van der Waals surface area (Å²) in [5.41, 5.74) is 1.18. The molecule has 2 aromatic heterocycles. The van der Waals surface area contributed by atoms with E-state index in [0.717, 1.165) is 5.56 Å². The van der Waals surface area contributed by atoms with E-state index < -0.39 is 11.7 Å². The van der Waals surface area contributed by atoms with Crippen LogP contribution >= 0.6 is 23.2 Å². The van der Waals surface area contributed by atoms with Gasteiger partial charge in [-0.3, -0.25) is 10.1 Å². The number of halogens is 3. The maximum Gasteiger partial charge on any atom is 0.293 e. The number of amides is 1. The van der Waals surface area contributed by atoms with Crippen LogP contribution in [0, 0.1) is 12.7 Å². The smallest absolute Gasteiger partial charge is 0.293 e. The topological polar surface area (TPSA) is 82.2 Å². The van der Waals surface area contributed by atoms with Crippen LogP contribution in [0.2, 0.25) is 10.0 Å². The zero-order valence-electron chi connectivity index (χ0n) is 16.8. The van der Waals surface area contributed by atoms with Crippen molar-refractivity contribution in [2.75, 3.05) is 5.32 Å². The van der Waals surface area contributed by atoms with Crippen LogP contribution in [-0.2, 0) is 13.2 Å². The number of benzene rings is 2. The third-order valence-corrected chi connectivity index (χ3v) is 5.32. The van der Waals surface area contributed by atoms with E-state index in [1.54, 1.807) is 24.3 Å². The largest absolute Gasteiger partial charge is 0.486 e. The molecule has 1 amide bonds. The van der Waals surface area contributed by atoms with Gasteiger partial charge in [-0.1, -0.05) is 29.3 Å². The third kappa shape index (κ3) is 5.09. The van der Waals surface area contributed by atoms with E-state index in [1.165, 1.54) is 29.2 Å². The Morgan fingerprint density at radius 1 is 1.19 bits per heavy atom. The molecule has 32 heavy (non-hydrogen) atoms. The monoisotopic (exact) mass is 474 g/mol. The molecule has 10 heteroatoms. The average Bonchev–Trinajstić information content (AvgIpc) is 3.41. The first kappa shape index (κ1) is 21.9. The van der Waals surface area contributed by atoms with Crippen LogP contribution in [-0.4, -0.2) is 20.7 Å². The van der Waals surface area contributed by atoms with Gasteiger partial charge in [0.15, 0.2) is 5.76 Å². The molecule has 2 aromatic carbocycles. The van der Waals surface area contributed by atoms with Crippen molar-refractivity contribution in [1.29, 1.82) is 0 Å². The van der Waals surface area contributed by atoms with Crippen molar-refractivity contribution in [3.8, 4) is 5.75 Å². The predicted octanol–water partition coefficient (Wildman–Crippen LogP) is 5.51. The van der Waals surface area contributed by atoms with E-state index in [4.69, 9.17) is 32.4 Å². The molecule has 0 bridgehead atoms. The van der Waals surface area contributed by atoms with Gasteiger partial charge in [-0.15, -0.1) is 5.10 Å². The van der Waals surface area contributed by atoms with E-state index in [1.807, 2.05) is 13.0 Å². The second kappa shape index (κ2) is 9.42. The van der Waals surface area contributed by atoms with Gasteiger partial charge in [0.25, 0.3) is 5.91 Å². The predicted molar refractivity (Wildman–Crippen MR) is 118 cm³/mol. The second-order valence-electron chi connectivity index (χ2n) is 6.89. The molecule has 4 rings (SSSR count). The summed E-state index contributed by atoms with van der Waals surface area (Å²) in [6.45, 7) is 2.09. The number of carbonyl (C=O) groups excluding carboxylic acids is 1. The molecule has 0 saturated heterocycles. The van der Waals surface area contributed by atoms with Crippen LogP contribution < -0.4 is 10.1 Å². The van der Waals surface area contributed by atoms with Gasteiger partial charge in [0.2, 0.25) is 5.95 Å². The maximum atomic E-state index is 13.9. The number of hydrogen-bond donors (Lipinski definition) is 1. The molecule has 0 atom stereocenters. The number of anilines is 1. The van der Waals surface area contributed by atoms with Crippen LogP contribution in [0.25, 0.3) is 0 Å². The number of furan rings is 1. The Balaban J connectivity index is 1.35. The van der Waals surface area contributed by atoms with Gasteiger partial charge in [-0.25, -0.2) is 14.1 Å². The Hall–Kier alpha value is -3.36. The Labute approximate surface area is 192 Å². The fourth-order valence-corrected chi connectivity index (χ4v) is 3.22. The van der Waals surface area contributed by atoms with Crippen molar-refractivity contribution in [3.05, 3.63) is 93.4 Å². The number of carbonyl (C=O) groups is 1. The zero-order chi connectivity index (χ0) is 22.7. The van der Waals surface area contributed by atoms with E-state index in [2.05, 4.69) is 15.4 Å². The Kier molecular flexibility index (Phi) is 6.43. The van der Waals surface area contributed by atoms with Gasteiger partial charge in [-0.2, -0.15) is 0 Å². The van der Waals surface area contributed by atoms with Crippen molar-refractivity contribution in [2.24, 2.45) is 0 Å². The Morgan fingerprint density at radius 3 is 2.81 bits per heavy atom. The number of rotatable bonds is 7. The third-order valence-electron chi connectivity index (χ3n) is 4.54. The molecule has 2 heterocycles. The molecular weight excluding hydrogens is 458 g/mol. The van der Waals surface area contributed by atoms with E-state index >= 15 is 0 Å². The first-order chi connectivity index (χ1) is 15.4. The first-order valence-corrected chi connectivity index (χ1v) is 10.3. The second-order valence-corrected chi connectivity index (χ2v) is 7.70. The highest BCUT2D eigenvalue weighted by Crippen LogP contribution is 2.22. The van der Waals surface area contributed by atoms with Crippen molar-refractivity contribution in [2.45, 2.75) is 20.1 Å². The number of hydrogen-bond acceptors (Lipinski definition) is 5. The molecule has 4 aromatic rings. The van der Waals surface area contributed by atoms with Gasteiger partial charge < -0.3 is 9.15 Å². The molecule has 164 valence electrons. The summed E-state index contributed by atoms with van der Waals surface area (Å²) >= 11 is 12.0. The highest BCUT2D eigenvalue weighted by atomic mass is 35.5. The highest BCUT2D eigenvalue weighted by Gasteiger charge is 2.15. The maximum absolute atomic E-state index is 13.9. The summed E-state index contributed by atoms with van der Waals surface area (Å²) in [4.78, 5) is 16.4. The van der Waals surface area contributed by atoms with E-state index in [-0.39, 0.29) is 35.4 Å². The van der Waals surface area contributed by atoms with Crippen molar-refractivity contribution >= 4 is 35.1 Å². The molecule has 0 aliphatic carbocycles. The van der Waals surface area contributed by atoms with Gasteiger partial charge in [0.1, 0.15) is 30.3 Å². The van der Waals surface area contributed by atoms with Crippen LogP contribution in [0.3, 0.4) is 0 Å². The molecule has 7 nitrogen and oxygen atoms in total. The van der Waals surface area contributed by atoms with Crippen LogP contribution in [0.1, 0.15) is 27.4 Å². The summed E-state index contributed by atoms with van der Waals surface area (Å²) in [6.07, 6.45) is 1.37. The quantitative estimate of drug-likeness (QED) is 0.382. The SMILES string of the molecule is Cc1cc(OCc2ccc(C(=O)Nc3ncn(Cc4c(F)cccc4Cl)n3)o2)ccc1Cl. The highest BCUT2D eigenvalue weighted by molar-refractivity contribution is 6.31. The van der Waals surface area contributed by atoms with Crippen molar-refractivity contribution < 1.29 is 18.3 Å². The minimum atomic E-state index is -0.528. The van der Waals surface area contributed by atoms with E-state index in [0.29, 0.717) is 16.5 Å². The molecule has 0 radical (unpaired) electrons. The summed E-state index contributed by atoms with van der Waals surface area (Å²) in [5.74, 6) is 0.255. The normalized spacial score (nSPS) is 10.9. The number of nitrogens with zero attached hydrogens (tertiary/aromatic N) is 3.